The molecule has 0 aliphatic carbocycles. The number of hydrogen-bond donors (Lipinski definition) is 1. The van der Waals surface area contributed by atoms with Crippen molar-refractivity contribution in [2.45, 2.75) is 26.9 Å². The summed E-state index contributed by atoms with van der Waals surface area (Å²) in [4.78, 5) is 12.7. The molecule has 0 spiro atoms. The third-order valence-electron chi connectivity index (χ3n) is 5.05. The first kappa shape index (κ1) is 22.0. The first-order valence-electron chi connectivity index (χ1n) is 9.86. The van der Waals surface area contributed by atoms with E-state index in [9.17, 15) is 9.18 Å². The highest BCUT2D eigenvalue weighted by molar-refractivity contribution is 6.32. The lowest BCUT2D eigenvalue weighted by Crippen LogP contribution is -2.12. The predicted octanol–water partition coefficient (Wildman–Crippen LogP) is 5.49. The Morgan fingerprint density at radius 3 is 2.66 bits per heavy atom. The minimum Gasteiger partial charge on any atom is -0.319 e. The van der Waals surface area contributed by atoms with Crippen LogP contribution in [-0.4, -0.2) is 25.5 Å². The third kappa shape index (κ3) is 4.84. The van der Waals surface area contributed by atoms with Crippen LogP contribution in [0.4, 0.5) is 10.1 Å². The number of halogens is 3. The van der Waals surface area contributed by atoms with Crippen molar-refractivity contribution in [3.05, 3.63) is 98.8 Å². The molecule has 164 valence electrons. The van der Waals surface area contributed by atoms with Crippen molar-refractivity contribution < 1.29 is 9.18 Å². The molecule has 9 heteroatoms. The molecule has 0 aliphatic rings. The Morgan fingerprint density at radius 1 is 1.12 bits per heavy atom. The average Bonchev–Trinajstić information content (AvgIpc) is 3.30. The Hall–Kier alpha value is -3.16. The van der Waals surface area contributed by atoms with Crippen LogP contribution in [0.15, 0.2) is 54.9 Å². The minimum absolute atomic E-state index is 0.252. The number of nitrogens with zero attached hydrogens (tertiary/aromatic N) is 4. The van der Waals surface area contributed by atoms with Crippen LogP contribution in [0.3, 0.4) is 0 Å². The maximum Gasteiger partial charge on any atom is 0.255 e. The van der Waals surface area contributed by atoms with Gasteiger partial charge in [-0.2, -0.15) is 10.2 Å². The summed E-state index contributed by atoms with van der Waals surface area (Å²) in [5, 5.41) is 12.5. The summed E-state index contributed by atoms with van der Waals surface area (Å²) in [6.07, 6.45) is 3.25. The normalized spacial score (nSPS) is 11.0. The number of anilines is 1. The molecular weight excluding hydrogens is 452 g/mol. The van der Waals surface area contributed by atoms with Crippen molar-refractivity contribution in [3.63, 3.8) is 0 Å². The molecule has 6 nitrogen and oxygen atoms in total. The van der Waals surface area contributed by atoms with Crippen LogP contribution in [0.25, 0.3) is 0 Å². The molecule has 0 bridgehead atoms. The van der Waals surface area contributed by atoms with Crippen LogP contribution in [-0.2, 0) is 13.1 Å². The standard InChI is InChI=1S/C23H20Cl2FN5O/c1-14-22(25)15(2)31(29-14)11-16-4-3-5-17(8-16)23(32)28-20-10-27-30(13-20)12-18-6-7-19(26)9-21(18)24/h3-10,13H,11-12H2,1-2H3,(H,28,32). The second-order valence-electron chi connectivity index (χ2n) is 7.46. The van der Waals surface area contributed by atoms with E-state index in [2.05, 4.69) is 15.5 Å². The van der Waals surface area contributed by atoms with E-state index in [4.69, 9.17) is 23.2 Å². The highest BCUT2D eigenvalue weighted by Gasteiger charge is 2.12. The van der Waals surface area contributed by atoms with Crippen molar-refractivity contribution in [2.24, 2.45) is 0 Å². The summed E-state index contributed by atoms with van der Waals surface area (Å²) in [5.74, 6) is -0.645. The summed E-state index contributed by atoms with van der Waals surface area (Å²) >= 11 is 12.3. The number of carbonyl (C=O) groups excluding carboxylic acids is 1. The van der Waals surface area contributed by atoms with Crippen molar-refractivity contribution in [1.82, 2.24) is 19.6 Å². The molecule has 1 amide bonds. The van der Waals surface area contributed by atoms with Gasteiger partial charge in [0.1, 0.15) is 5.82 Å². The monoisotopic (exact) mass is 471 g/mol. The lowest BCUT2D eigenvalue weighted by atomic mass is 10.1. The van der Waals surface area contributed by atoms with E-state index in [0.717, 1.165) is 22.5 Å². The van der Waals surface area contributed by atoms with Gasteiger partial charge in [-0.15, -0.1) is 0 Å². The molecule has 2 aromatic heterocycles. The number of benzene rings is 2. The highest BCUT2D eigenvalue weighted by atomic mass is 35.5. The van der Waals surface area contributed by atoms with Crippen LogP contribution in [0, 0.1) is 19.7 Å². The maximum absolute atomic E-state index is 13.2. The second-order valence-corrected chi connectivity index (χ2v) is 8.24. The van der Waals surface area contributed by atoms with Crippen LogP contribution < -0.4 is 5.32 Å². The molecule has 0 unspecified atom stereocenters. The Morgan fingerprint density at radius 2 is 1.94 bits per heavy atom. The first-order chi connectivity index (χ1) is 15.3. The van der Waals surface area contributed by atoms with Crippen molar-refractivity contribution in [3.8, 4) is 0 Å². The van der Waals surface area contributed by atoms with Gasteiger partial charge in [-0.25, -0.2) is 4.39 Å². The van der Waals surface area contributed by atoms with E-state index in [1.807, 2.05) is 36.7 Å². The molecule has 2 heterocycles. The SMILES string of the molecule is Cc1nn(Cc2cccc(C(=O)Nc3cnn(Cc4ccc(F)cc4Cl)c3)c2)c(C)c1Cl. The number of aromatic nitrogens is 4. The van der Waals surface area contributed by atoms with E-state index in [-0.39, 0.29) is 5.91 Å². The van der Waals surface area contributed by atoms with Gasteiger partial charge in [0.2, 0.25) is 0 Å². The van der Waals surface area contributed by atoms with Gasteiger partial charge in [-0.3, -0.25) is 14.2 Å². The summed E-state index contributed by atoms with van der Waals surface area (Å²) in [6, 6.07) is 11.6. The van der Waals surface area contributed by atoms with Gasteiger partial charge in [0.05, 0.1) is 41.4 Å². The van der Waals surface area contributed by atoms with E-state index >= 15 is 0 Å². The molecule has 4 aromatic rings. The molecule has 0 fully saturated rings. The quantitative estimate of drug-likeness (QED) is 0.404. The number of amides is 1. The minimum atomic E-state index is -0.393. The smallest absolute Gasteiger partial charge is 0.255 e. The molecule has 0 saturated heterocycles. The molecule has 4 rings (SSSR count). The summed E-state index contributed by atoms with van der Waals surface area (Å²) in [7, 11) is 0. The fraction of sp³-hybridized carbons (Fsp3) is 0.174. The predicted molar refractivity (Wildman–Crippen MR) is 123 cm³/mol. The van der Waals surface area contributed by atoms with E-state index in [1.165, 1.54) is 12.1 Å². The fourth-order valence-electron chi connectivity index (χ4n) is 3.36. The number of rotatable bonds is 6. The molecular formula is C23H20Cl2FN5O. The third-order valence-corrected chi connectivity index (χ3v) is 5.95. The molecule has 0 aliphatic heterocycles. The van der Waals surface area contributed by atoms with Crippen molar-refractivity contribution in [1.29, 1.82) is 0 Å². The van der Waals surface area contributed by atoms with E-state index < -0.39 is 5.82 Å². The lowest BCUT2D eigenvalue weighted by molar-refractivity contribution is 0.102. The number of hydrogen-bond acceptors (Lipinski definition) is 3. The number of carbonyl (C=O) groups is 1. The lowest BCUT2D eigenvalue weighted by Gasteiger charge is -2.08. The number of aryl methyl sites for hydroxylation is 1. The van der Waals surface area contributed by atoms with E-state index in [0.29, 0.717) is 34.4 Å². The molecule has 32 heavy (non-hydrogen) atoms. The average molecular weight is 472 g/mol. The molecule has 2 aromatic carbocycles. The second kappa shape index (κ2) is 9.14. The summed E-state index contributed by atoms with van der Waals surface area (Å²) < 4.78 is 16.7. The molecule has 0 radical (unpaired) electrons. The van der Waals surface area contributed by atoms with E-state index in [1.54, 1.807) is 29.2 Å². The first-order valence-corrected chi connectivity index (χ1v) is 10.6. The summed E-state index contributed by atoms with van der Waals surface area (Å²) in [6.45, 7) is 4.64. The van der Waals surface area contributed by atoms with Gasteiger partial charge in [0.15, 0.2) is 0 Å². The van der Waals surface area contributed by atoms with Crippen LogP contribution in [0.5, 0.6) is 0 Å². The molecule has 0 atom stereocenters. The Balaban J connectivity index is 1.44. The van der Waals surface area contributed by atoms with Crippen molar-refractivity contribution >= 4 is 34.8 Å². The molecule has 0 saturated carbocycles. The zero-order chi connectivity index (χ0) is 22.8. The van der Waals surface area contributed by atoms with Gasteiger partial charge < -0.3 is 5.32 Å². The Labute approximate surface area is 194 Å². The highest BCUT2D eigenvalue weighted by Crippen LogP contribution is 2.21. The Bertz CT molecular complexity index is 1300. The van der Waals surface area contributed by atoms with Crippen LogP contribution >= 0.6 is 23.2 Å². The van der Waals surface area contributed by atoms with Gasteiger partial charge in [0.25, 0.3) is 5.91 Å². The fourth-order valence-corrected chi connectivity index (χ4v) is 3.72. The summed E-state index contributed by atoms with van der Waals surface area (Å²) in [5.41, 5.74) is 4.38. The zero-order valence-corrected chi connectivity index (χ0v) is 19.0. The van der Waals surface area contributed by atoms with Gasteiger partial charge >= 0.3 is 0 Å². The van der Waals surface area contributed by atoms with Crippen molar-refractivity contribution in [2.75, 3.05) is 5.32 Å². The van der Waals surface area contributed by atoms with Crippen LogP contribution in [0.2, 0.25) is 10.0 Å². The maximum atomic E-state index is 13.2. The topological polar surface area (TPSA) is 64.7 Å². The number of nitrogens with one attached hydrogen (secondary N) is 1. The van der Waals surface area contributed by atoms with Gasteiger partial charge in [-0.05, 0) is 49.2 Å². The van der Waals surface area contributed by atoms with Gasteiger partial charge in [0, 0.05) is 16.8 Å². The Kier molecular flexibility index (Phi) is 6.30. The molecule has 1 N–H and O–H groups in total. The van der Waals surface area contributed by atoms with Crippen LogP contribution in [0.1, 0.15) is 32.9 Å². The zero-order valence-electron chi connectivity index (χ0n) is 17.4. The largest absolute Gasteiger partial charge is 0.319 e. The van der Waals surface area contributed by atoms with Gasteiger partial charge in [-0.1, -0.05) is 41.4 Å².